The fourth-order valence-electron chi connectivity index (χ4n) is 3.17. The van der Waals surface area contributed by atoms with E-state index in [1.165, 1.54) is 43.8 Å². The summed E-state index contributed by atoms with van der Waals surface area (Å²) >= 11 is 0. The molecule has 0 amide bonds. The summed E-state index contributed by atoms with van der Waals surface area (Å²) in [5.74, 6) is 0. The highest BCUT2D eigenvalue weighted by Gasteiger charge is 1.97. The van der Waals surface area contributed by atoms with Gasteiger partial charge in [-0.3, -0.25) is 0 Å². The first-order chi connectivity index (χ1) is 13.7. The molecule has 0 spiro atoms. The van der Waals surface area contributed by atoms with Gasteiger partial charge < -0.3 is 0 Å². The van der Waals surface area contributed by atoms with Gasteiger partial charge in [0.05, 0.1) is 0 Å². The number of hydrogen-bond donors (Lipinski definition) is 0. The molecule has 0 aliphatic carbocycles. The second-order valence-electron chi connectivity index (χ2n) is 6.55. The van der Waals surface area contributed by atoms with Crippen molar-refractivity contribution in [3.63, 3.8) is 0 Å². The van der Waals surface area contributed by atoms with Crippen LogP contribution in [0.5, 0.6) is 0 Å². The van der Waals surface area contributed by atoms with E-state index in [4.69, 9.17) is 0 Å². The summed E-state index contributed by atoms with van der Waals surface area (Å²) in [5, 5.41) is 5.18. The third-order valence-electron chi connectivity index (χ3n) is 4.51. The Morgan fingerprint density at radius 3 is 1.14 bits per heavy atom. The highest BCUT2D eigenvalue weighted by Crippen LogP contribution is 2.21. The molecule has 0 nitrogen and oxygen atoms in total. The van der Waals surface area contributed by atoms with E-state index in [1.807, 2.05) is 27.7 Å². The number of rotatable bonds is 2. The highest BCUT2D eigenvalue weighted by atomic mass is 14.0. The van der Waals surface area contributed by atoms with Crippen LogP contribution in [0.15, 0.2) is 72.8 Å². The van der Waals surface area contributed by atoms with E-state index in [-0.39, 0.29) is 0 Å². The summed E-state index contributed by atoms with van der Waals surface area (Å²) in [6.45, 7) is 12.3. The van der Waals surface area contributed by atoms with Gasteiger partial charge in [-0.15, -0.1) is 0 Å². The molecule has 144 valence electrons. The topological polar surface area (TPSA) is 0 Å². The Balaban J connectivity index is 0.000000660. The van der Waals surface area contributed by atoms with Crippen LogP contribution in [-0.4, -0.2) is 0 Å². The maximum atomic E-state index is 2.25. The molecule has 0 fully saturated rings. The summed E-state index contributed by atoms with van der Waals surface area (Å²) in [5.41, 5.74) is 5.07. The van der Waals surface area contributed by atoms with Crippen molar-refractivity contribution in [1.29, 1.82) is 0 Å². The van der Waals surface area contributed by atoms with Crippen molar-refractivity contribution in [1.82, 2.24) is 0 Å². The largest absolute Gasteiger partial charge is 0.0683 e. The summed E-state index contributed by atoms with van der Waals surface area (Å²) in [6, 6.07) is 26.4. The van der Waals surface area contributed by atoms with Crippen molar-refractivity contribution in [2.45, 2.75) is 41.5 Å². The SMILES string of the molecule is CC.CC.Cc1ccc2cc(C=Cc3ccc4cc(C)ccc4c3)ccc2c1. The highest BCUT2D eigenvalue weighted by molar-refractivity contribution is 5.88. The fraction of sp³-hybridized carbons (Fsp3) is 0.214. The molecule has 4 aromatic rings. The number of benzene rings is 4. The molecular formula is C28H32. The van der Waals surface area contributed by atoms with Crippen LogP contribution >= 0.6 is 0 Å². The lowest BCUT2D eigenvalue weighted by atomic mass is 10.0. The summed E-state index contributed by atoms with van der Waals surface area (Å²) in [6.07, 6.45) is 4.38. The van der Waals surface area contributed by atoms with E-state index in [1.54, 1.807) is 0 Å². The fourth-order valence-corrected chi connectivity index (χ4v) is 3.17. The third-order valence-corrected chi connectivity index (χ3v) is 4.51. The van der Waals surface area contributed by atoms with Gasteiger partial charge in [-0.25, -0.2) is 0 Å². The number of fused-ring (bicyclic) bond motifs is 2. The Bertz CT molecular complexity index is 981. The molecule has 0 saturated heterocycles. The molecule has 0 aliphatic heterocycles. The van der Waals surface area contributed by atoms with E-state index in [0.717, 1.165) is 0 Å². The number of aryl methyl sites for hydroxylation is 2. The van der Waals surface area contributed by atoms with Gasteiger partial charge in [-0.1, -0.05) is 112 Å². The van der Waals surface area contributed by atoms with Gasteiger partial charge >= 0.3 is 0 Å². The predicted molar refractivity (Wildman–Crippen MR) is 129 cm³/mol. The molecule has 0 aliphatic rings. The molecule has 0 bridgehead atoms. The van der Waals surface area contributed by atoms with Crippen LogP contribution < -0.4 is 0 Å². The van der Waals surface area contributed by atoms with Crippen LogP contribution in [0.1, 0.15) is 49.9 Å². The molecule has 0 N–H and O–H groups in total. The second-order valence-corrected chi connectivity index (χ2v) is 6.55. The van der Waals surface area contributed by atoms with E-state index >= 15 is 0 Å². The van der Waals surface area contributed by atoms with Crippen molar-refractivity contribution in [3.05, 3.63) is 95.1 Å². The Kier molecular flexibility index (Phi) is 8.02. The third kappa shape index (κ3) is 5.33. The van der Waals surface area contributed by atoms with Crippen LogP contribution in [0, 0.1) is 13.8 Å². The zero-order chi connectivity index (χ0) is 20.5. The normalized spacial score (nSPS) is 10.4. The van der Waals surface area contributed by atoms with Gasteiger partial charge in [0, 0.05) is 0 Å². The van der Waals surface area contributed by atoms with Crippen molar-refractivity contribution in [3.8, 4) is 0 Å². The summed E-state index contributed by atoms with van der Waals surface area (Å²) in [7, 11) is 0. The Morgan fingerprint density at radius 1 is 0.429 bits per heavy atom. The minimum atomic E-state index is 1.23. The summed E-state index contributed by atoms with van der Waals surface area (Å²) < 4.78 is 0. The lowest BCUT2D eigenvalue weighted by Crippen LogP contribution is -1.79. The van der Waals surface area contributed by atoms with Gasteiger partial charge in [0.15, 0.2) is 0 Å². The average Bonchev–Trinajstić information content (AvgIpc) is 2.75. The van der Waals surface area contributed by atoms with E-state index < -0.39 is 0 Å². The lowest BCUT2D eigenvalue weighted by Gasteiger charge is -2.03. The molecule has 0 heteroatoms. The van der Waals surface area contributed by atoms with E-state index in [2.05, 4.69) is 98.8 Å². The van der Waals surface area contributed by atoms with Crippen molar-refractivity contribution in [2.75, 3.05) is 0 Å². The quantitative estimate of drug-likeness (QED) is 0.310. The Hall–Kier alpha value is -2.86. The van der Waals surface area contributed by atoms with Gasteiger partial charge in [0.25, 0.3) is 0 Å². The van der Waals surface area contributed by atoms with Crippen LogP contribution in [0.2, 0.25) is 0 Å². The molecule has 0 heterocycles. The molecule has 28 heavy (non-hydrogen) atoms. The standard InChI is InChI=1S/C24H20.2C2H6/c1-17-3-9-23-15-19(7-11-21(23)13-17)5-6-20-8-12-22-14-18(2)4-10-24(22)16-20;2*1-2/h3-16H,1-2H3;2*1-2H3. The first-order valence-corrected chi connectivity index (χ1v) is 10.4. The molecule has 0 atom stereocenters. The zero-order valence-electron chi connectivity index (χ0n) is 18.1. The molecule has 0 saturated carbocycles. The van der Waals surface area contributed by atoms with Gasteiger partial charge in [0.1, 0.15) is 0 Å². The van der Waals surface area contributed by atoms with Crippen LogP contribution in [0.3, 0.4) is 0 Å². The smallest absolute Gasteiger partial charge is 0.0178 e. The maximum absolute atomic E-state index is 2.25. The lowest BCUT2D eigenvalue weighted by molar-refractivity contribution is 1.50. The average molecular weight is 369 g/mol. The van der Waals surface area contributed by atoms with Gasteiger partial charge in [-0.2, -0.15) is 0 Å². The summed E-state index contributed by atoms with van der Waals surface area (Å²) in [4.78, 5) is 0. The molecule has 0 radical (unpaired) electrons. The van der Waals surface area contributed by atoms with Crippen LogP contribution in [0.25, 0.3) is 33.7 Å². The van der Waals surface area contributed by atoms with Crippen molar-refractivity contribution in [2.24, 2.45) is 0 Å². The van der Waals surface area contributed by atoms with Crippen molar-refractivity contribution < 1.29 is 0 Å². The maximum Gasteiger partial charge on any atom is -0.0178 e. The number of hydrogen-bond acceptors (Lipinski definition) is 0. The van der Waals surface area contributed by atoms with Crippen LogP contribution in [0.4, 0.5) is 0 Å². The Labute approximate surface area is 170 Å². The minimum absolute atomic E-state index is 1.23. The van der Waals surface area contributed by atoms with Crippen LogP contribution in [-0.2, 0) is 0 Å². The molecular weight excluding hydrogens is 336 g/mol. The zero-order valence-corrected chi connectivity index (χ0v) is 18.1. The van der Waals surface area contributed by atoms with Crippen molar-refractivity contribution >= 4 is 33.7 Å². The molecule has 4 rings (SSSR count). The molecule has 0 aromatic heterocycles. The molecule has 0 unspecified atom stereocenters. The first kappa shape index (κ1) is 21.4. The predicted octanol–water partition coefficient (Wildman–Crippen LogP) is 8.83. The van der Waals surface area contributed by atoms with E-state index in [0.29, 0.717) is 0 Å². The van der Waals surface area contributed by atoms with Gasteiger partial charge in [-0.05, 0) is 58.7 Å². The molecule has 4 aromatic carbocycles. The Morgan fingerprint density at radius 2 is 0.750 bits per heavy atom. The second kappa shape index (κ2) is 10.5. The minimum Gasteiger partial charge on any atom is -0.0683 e. The van der Waals surface area contributed by atoms with E-state index in [9.17, 15) is 0 Å². The van der Waals surface area contributed by atoms with Gasteiger partial charge in [0.2, 0.25) is 0 Å². The first-order valence-electron chi connectivity index (χ1n) is 10.4. The monoisotopic (exact) mass is 368 g/mol.